The molecule has 1 unspecified atom stereocenters. The van der Waals surface area contributed by atoms with Gasteiger partial charge in [-0.2, -0.15) is 0 Å². The van der Waals surface area contributed by atoms with Crippen LogP contribution in [-0.2, 0) is 0 Å². The minimum atomic E-state index is -0.301. The molecular weight excluding hydrogens is 202 g/mol. The fourth-order valence-electron chi connectivity index (χ4n) is 1.78. The Morgan fingerprint density at radius 3 is 2.50 bits per heavy atom. The van der Waals surface area contributed by atoms with Gasteiger partial charge in [0, 0.05) is 13.1 Å². The molecule has 0 aromatic heterocycles. The van der Waals surface area contributed by atoms with E-state index in [1.54, 1.807) is 0 Å². The number of hydrogen-bond donors (Lipinski definition) is 3. The van der Waals surface area contributed by atoms with E-state index < -0.39 is 0 Å². The Morgan fingerprint density at radius 2 is 2.06 bits per heavy atom. The van der Waals surface area contributed by atoms with Crippen molar-refractivity contribution in [2.45, 2.75) is 52.5 Å². The molecule has 0 bridgehead atoms. The third-order valence-electron chi connectivity index (χ3n) is 2.54. The third-order valence-corrected chi connectivity index (χ3v) is 2.54. The van der Waals surface area contributed by atoms with Gasteiger partial charge in [-0.3, -0.25) is 0 Å². The second-order valence-electron chi connectivity index (χ2n) is 5.10. The first-order valence-corrected chi connectivity index (χ1v) is 6.19. The molecule has 4 heteroatoms. The van der Waals surface area contributed by atoms with Crippen LogP contribution in [0.5, 0.6) is 0 Å². The summed E-state index contributed by atoms with van der Waals surface area (Å²) in [6.45, 7) is 9.54. The molecule has 0 spiro atoms. The van der Waals surface area contributed by atoms with E-state index in [4.69, 9.17) is 5.73 Å². The van der Waals surface area contributed by atoms with E-state index in [0.29, 0.717) is 12.5 Å². The number of nitrogens with one attached hydrogen (secondary N) is 2. The number of unbranched alkanes of at least 4 members (excludes halogenated alkanes) is 1. The van der Waals surface area contributed by atoms with Crippen LogP contribution in [0.3, 0.4) is 0 Å². The summed E-state index contributed by atoms with van der Waals surface area (Å²) < 4.78 is 0. The summed E-state index contributed by atoms with van der Waals surface area (Å²) in [6, 6.07) is -0.109. The molecule has 0 aromatic carbocycles. The van der Waals surface area contributed by atoms with E-state index >= 15 is 0 Å². The van der Waals surface area contributed by atoms with Crippen molar-refractivity contribution >= 4 is 6.03 Å². The summed E-state index contributed by atoms with van der Waals surface area (Å²) in [5.74, 6) is 0.518. The van der Waals surface area contributed by atoms with E-state index in [1.165, 1.54) is 0 Å². The molecule has 0 radical (unpaired) electrons. The standard InChI is InChI=1S/C12H27N3O/c1-5-6-7-14-11(16)15-12(4,9-13)8-10(2)3/h10H,5-9,13H2,1-4H3,(H2,14,15,16). The van der Waals surface area contributed by atoms with Crippen molar-refractivity contribution < 1.29 is 4.79 Å². The van der Waals surface area contributed by atoms with Gasteiger partial charge in [0.25, 0.3) is 0 Å². The molecule has 0 aromatic rings. The zero-order chi connectivity index (χ0) is 12.6. The van der Waals surface area contributed by atoms with Gasteiger partial charge < -0.3 is 16.4 Å². The largest absolute Gasteiger partial charge is 0.338 e. The van der Waals surface area contributed by atoms with Crippen molar-refractivity contribution in [2.75, 3.05) is 13.1 Å². The van der Waals surface area contributed by atoms with E-state index in [0.717, 1.165) is 25.8 Å². The van der Waals surface area contributed by atoms with Crippen molar-refractivity contribution in [3.05, 3.63) is 0 Å². The van der Waals surface area contributed by atoms with Gasteiger partial charge in [-0.1, -0.05) is 27.2 Å². The van der Waals surface area contributed by atoms with Crippen LogP contribution >= 0.6 is 0 Å². The average molecular weight is 229 g/mol. The number of amides is 2. The highest BCUT2D eigenvalue weighted by atomic mass is 16.2. The summed E-state index contributed by atoms with van der Waals surface area (Å²) >= 11 is 0. The van der Waals surface area contributed by atoms with Gasteiger partial charge in [0.15, 0.2) is 0 Å². The number of carbonyl (C=O) groups excluding carboxylic acids is 1. The molecule has 0 saturated heterocycles. The number of nitrogens with two attached hydrogens (primary N) is 1. The van der Waals surface area contributed by atoms with E-state index in [9.17, 15) is 4.79 Å². The number of carbonyl (C=O) groups is 1. The predicted octanol–water partition coefficient (Wildman–Crippen LogP) is 1.85. The molecule has 0 heterocycles. The van der Waals surface area contributed by atoms with Crippen molar-refractivity contribution in [2.24, 2.45) is 11.7 Å². The quantitative estimate of drug-likeness (QED) is 0.583. The lowest BCUT2D eigenvalue weighted by molar-refractivity contribution is 0.221. The first-order chi connectivity index (χ1) is 7.43. The molecule has 2 amide bonds. The molecule has 4 N–H and O–H groups in total. The van der Waals surface area contributed by atoms with Gasteiger partial charge in [0.2, 0.25) is 0 Å². The normalized spacial score (nSPS) is 14.6. The van der Waals surface area contributed by atoms with Crippen LogP contribution in [0.15, 0.2) is 0 Å². The summed E-state index contributed by atoms with van der Waals surface area (Å²) in [5, 5.41) is 5.80. The van der Waals surface area contributed by atoms with E-state index in [-0.39, 0.29) is 11.6 Å². The van der Waals surface area contributed by atoms with Crippen molar-refractivity contribution in [3.63, 3.8) is 0 Å². The topological polar surface area (TPSA) is 67.2 Å². The van der Waals surface area contributed by atoms with Gasteiger partial charge >= 0.3 is 6.03 Å². The molecular formula is C12H27N3O. The Morgan fingerprint density at radius 1 is 1.44 bits per heavy atom. The maximum atomic E-state index is 11.6. The van der Waals surface area contributed by atoms with Crippen molar-refractivity contribution in [1.82, 2.24) is 10.6 Å². The van der Waals surface area contributed by atoms with Gasteiger partial charge in [0.1, 0.15) is 0 Å². The van der Waals surface area contributed by atoms with Crippen LogP contribution in [0.1, 0.15) is 47.0 Å². The average Bonchev–Trinajstić information content (AvgIpc) is 2.16. The lowest BCUT2D eigenvalue weighted by Gasteiger charge is -2.31. The summed E-state index contributed by atoms with van der Waals surface area (Å²) in [5.41, 5.74) is 5.41. The molecule has 16 heavy (non-hydrogen) atoms. The van der Waals surface area contributed by atoms with Crippen LogP contribution in [-0.4, -0.2) is 24.7 Å². The zero-order valence-corrected chi connectivity index (χ0v) is 11.1. The van der Waals surface area contributed by atoms with Crippen LogP contribution in [0.2, 0.25) is 0 Å². The van der Waals surface area contributed by atoms with Crippen LogP contribution in [0.4, 0.5) is 4.79 Å². The first-order valence-electron chi connectivity index (χ1n) is 6.19. The Kier molecular flexibility index (Phi) is 7.13. The van der Waals surface area contributed by atoms with Gasteiger partial charge in [0.05, 0.1) is 5.54 Å². The Hall–Kier alpha value is -0.770. The van der Waals surface area contributed by atoms with Crippen LogP contribution < -0.4 is 16.4 Å². The Labute approximate surface area is 99.4 Å². The molecule has 4 nitrogen and oxygen atoms in total. The van der Waals surface area contributed by atoms with Crippen molar-refractivity contribution in [3.8, 4) is 0 Å². The molecule has 0 saturated carbocycles. The van der Waals surface area contributed by atoms with Gasteiger partial charge in [-0.15, -0.1) is 0 Å². The lowest BCUT2D eigenvalue weighted by Crippen LogP contribution is -2.55. The highest BCUT2D eigenvalue weighted by molar-refractivity contribution is 5.74. The molecule has 0 aliphatic heterocycles. The summed E-state index contributed by atoms with van der Waals surface area (Å²) in [6.07, 6.45) is 2.99. The SMILES string of the molecule is CCCCNC(=O)NC(C)(CN)CC(C)C. The molecule has 0 fully saturated rings. The van der Waals surface area contributed by atoms with E-state index in [1.807, 2.05) is 6.92 Å². The fraction of sp³-hybridized carbons (Fsp3) is 0.917. The van der Waals surface area contributed by atoms with Crippen LogP contribution in [0, 0.1) is 5.92 Å². The van der Waals surface area contributed by atoms with Crippen LogP contribution in [0.25, 0.3) is 0 Å². The fourth-order valence-corrected chi connectivity index (χ4v) is 1.78. The molecule has 96 valence electrons. The number of hydrogen-bond acceptors (Lipinski definition) is 2. The van der Waals surface area contributed by atoms with Crippen molar-refractivity contribution in [1.29, 1.82) is 0 Å². The summed E-state index contributed by atoms with van der Waals surface area (Å²) in [7, 11) is 0. The first kappa shape index (κ1) is 15.2. The minimum Gasteiger partial charge on any atom is -0.338 e. The lowest BCUT2D eigenvalue weighted by atomic mass is 9.91. The summed E-state index contributed by atoms with van der Waals surface area (Å²) in [4.78, 5) is 11.6. The van der Waals surface area contributed by atoms with Gasteiger partial charge in [-0.05, 0) is 25.7 Å². The highest BCUT2D eigenvalue weighted by Gasteiger charge is 2.25. The molecule has 0 aliphatic carbocycles. The third kappa shape index (κ3) is 6.67. The second kappa shape index (κ2) is 7.49. The molecule has 0 rings (SSSR count). The Balaban J connectivity index is 4.04. The van der Waals surface area contributed by atoms with Gasteiger partial charge in [-0.25, -0.2) is 4.79 Å². The number of rotatable bonds is 7. The smallest absolute Gasteiger partial charge is 0.315 e. The second-order valence-corrected chi connectivity index (χ2v) is 5.10. The highest BCUT2D eigenvalue weighted by Crippen LogP contribution is 2.14. The maximum Gasteiger partial charge on any atom is 0.315 e. The minimum absolute atomic E-state index is 0.109. The predicted molar refractivity (Wildman–Crippen MR) is 68.4 cm³/mol. The monoisotopic (exact) mass is 229 g/mol. The molecule has 0 aliphatic rings. The zero-order valence-electron chi connectivity index (χ0n) is 11.1. The molecule has 1 atom stereocenters. The van der Waals surface area contributed by atoms with E-state index in [2.05, 4.69) is 31.4 Å². The maximum absolute atomic E-state index is 11.6. The Bertz CT molecular complexity index is 206. The number of urea groups is 1.